The number of piperidine rings is 1. The van der Waals surface area contributed by atoms with E-state index in [1.807, 2.05) is 6.07 Å². The molecule has 0 radical (unpaired) electrons. The van der Waals surface area contributed by atoms with Crippen LogP contribution in [0.15, 0.2) is 18.2 Å². The van der Waals surface area contributed by atoms with Crippen LogP contribution in [0.25, 0.3) is 10.9 Å². The molecule has 2 fully saturated rings. The average molecular weight is 317 g/mol. The summed E-state index contributed by atoms with van der Waals surface area (Å²) >= 11 is 0. The van der Waals surface area contributed by atoms with Gasteiger partial charge in [0.1, 0.15) is 5.82 Å². The van der Waals surface area contributed by atoms with Crippen molar-refractivity contribution >= 4 is 10.9 Å². The van der Waals surface area contributed by atoms with Gasteiger partial charge in [0.05, 0.1) is 11.6 Å². The third-order valence-corrected chi connectivity index (χ3v) is 5.65. The van der Waals surface area contributed by atoms with E-state index in [-0.39, 0.29) is 11.9 Å². The van der Waals surface area contributed by atoms with Gasteiger partial charge in [0, 0.05) is 29.1 Å². The van der Waals surface area contributed by atoms with Crippen molar-refractivity contribution < 1.29 is 9.50 Å². The van der Waals surface area contributed by atoms with Gasteiger partial charge in [-0.1, -0.05) is 12.8 Å². The summed E-state index contributed by atoms with van der Waals surface area (Å²) in [6.45, 7) is 2.04. The van der Waals surface area contributed by atoms with Crippen molar-refractivity contribution in [2.45, 2.75) is 56.6 Å². The number of aliphatic hydroxyl groups excluding tert-OH is 1. The van der Waals surface area contributed by atoms with Crippen molar-refractivity contribution in [2.75, 3.05) is 13.1 Å². The van der Waals surface area contributed by atoms with E-state index in [0.717, 1.165) is 56.3 Å². The van der Waals surface area contributed by atoms with E-state index in [0.29, 0.717) is 17.5 Å². The molecule has 0 bridgehead atoms. The summed E-state index contributed by atoms with van der Waals surface area (Å²) in [5, 5.41) is 18.7. The Morgan fingerprint density at radius 3 is 2.70 bits per heavy atom. The molecule has 2 aromatic rings. The number of aromatic amines is 1. The highest BCUT2D eigenvalue weighted by Gasteiger charge is 2.32. The number of H-pyrrole nitrogens is 1. The van der Waals surface area contributed by atoms with Crippen LogP contribution in [0, 0.1) is 5.82 Å². The molecule has 1 aliphatic heterocycles. The summed E-state index contributed by atoms with van der Waals surface area (Å²) in [6, 6.07) is 5.18. The van der Waals surface area contributed by atoms with Gasteiger partial charge in [0.15, 0.2) is 0 Å². The van der Waals surface area contributed by atoms with E-state index in [2.05, 4.69) is 15.1 Å². The van der Waals surface area contributed by atoms with E-state index < -0.39 is 0 Å². The van der Waals surface area contributed by atoms with Crippen LogP contribution >= 0.6 is 0 Å². The SMILES string of the molecule is OC1CCCCC1N1CCC(c2[nH]nc3cc(F)ccc23)CC1. The maximum Gasteiger partial charge on any atom is 0.125 e. The molecule has 1 saturated carbocycles. The normalized spacial score (nSPS) is 27.6. The van der Waals surface area contributed by atoms with Crippen LogP contribution in [0.5, 0.6) is 0 Å². The summed E-state index contributed by atoms with van der Waals surface area (Å²) < 4.78 is 13.3. The highest BCUT2D eigenvalue weighted by Crippen LogP contribution is 2.34. The minimum atomic E-state index is -0.239. The first-order valence-electron chi connectivity index (χ1n) is 8.78. The minimum absolute atomic E-state index is 0.156. The molecule has 2 N–H and O–H groups in total. The third kappa shape index (κ3) is 2.88. The van der Waals surface area contributed by atoms with Crippen molar-refractivity contribution in [1.82, 2.24) is 15.1 Å². The lowest BCUT2D eigenvalue weighted by Crippen LogP contribution is -2.48. The van der Waals surface area contributed by atoms with Gasteiger partial charge < -0.3 is 5.11 Å². The molecule has 2 atom stereocenters. The molecule has 2 heterocycles. The highest BCUT2D eigenvalue weighted by atomic mass is 19.1. The molecular weight excluding hydrogens is 293 g/mol. The quantitative estimate of drug-likeness (QED) is 0.894. The van der Waals surface area contributed by atoms with Crippen molar-refractivity contribution in [2.24, 2.45) is 0 Å². The first-order valence-corrected chi connectivity index (χ1v) is 8.78. The zero-order chi connectivity index (χ0) is 15.8. The zero-order valence-electron chi connectivity index (χ0n) is 13.3. The Morgan fingerprint density at radius 2 is 1.91 bits per heavy atom. The second-order valence-electron chi connectivity index (χ2n) is 7.03. The topological polar surface area (TPSA) is 52.1 Å². The lowest BCUT2D eigenvalue weighted by Gasteiger charge is -2.41. The third-order valence-electron chi connectivity index (χ3n) is 5.65. The van der Waals surface area contributed by atoms with Gasteiger partial charge in [0.2, 0.25) is 0 Å². The number of nitrogens with one attached hydrogen (secondary N) is 1. The van der Waals surface area contributed by atoms with E-state index in [1.165, 1.54) is 18.6 Å². The molecule has 2 unspecified atom stereocenters. The molecule has 0 spiro atoms. The maximum absolute atomic E-state index is 13.3. The number of hydrogen-bond donors (Lipinski definition) is 2. The summed E-state index contributed by atoms with van der Waals surface area (Å²) in [4.78, 5) is 2.47. The number of rotatable bonds is 2. The number of nitrogens with zero attached hydrogens (tertiary/aromatic N) is 2. The predicted molar refractivity (Wildman–Crippen MR) is 87.9 cm³/mol. The Bertz CT molecular complexity index is 678. The molecule has 2 aliphatic rings. The summed E-state index contributed by atoms with van der Waals surface area (Å²) in [7, 11) is 0. The van der Waals surface area contributed by atoms with Crippen molar-refractivity contribution in [3.63, 3.8) is 0 Å². The monoisotopic (exact) mass is 317 g/mol. The Balaban J connectivity index is 1.46. The predicted octanol–water partition coefficient (Wildman–Crippen LogP) is 3.18. The molecule has 1 aromatic heterocycles. The number of hydrogen-bond acceptors (Lipinski definition) is 3. The van der Waals surface area contributed by atoms with E-state index in [1.54, 1.807) is 0 Å². The number of aliphatic hydroxyl groups is 1. The van der Waals surface area contributed by atoms with Gasteiger partial charge in [-0.15, -0.1) is 0 Å². The molecule has 4 nitrogen and oxygen atoms in total. The van der Waals surface area contributed by atoms with Crippen LogP contribution in [-0.4, -0.2) is 45.4 Å². The van der Waals surface area contributed by atoms with Crippen LogP contribution in [0.4, 0.5) is 4.39 Å². The second kappa shape index (κ2) is 6.21. The molecule has 4 rings (SSSR count). The van der Waals surface area contributed by atoms with Gasteiger partial charge in [-0.3, -0.25) is 10.00 Å². The molecule has 1 aromatic carbocycles. The minimum Gasteiger partial charge on any atom is -0.391 e. The van der Waals surface area contributed by atoms with Crippen LogP contribution in [0.1, 0.15) is 50.1 Å². The summed E-state index contributed by atoms with van der Waals surface area (Å²) in [6.07, 6.45) is 6.44. The van der Waals surface area contributed by atoms with Crippen molar-refractivity contribution in [1.29, 1.82) is 0 Å². The fourth-order valence-corrected chi connectivity index (χ4v) is 4.35. The summed E-state index contributed by atoms with van der Waals surface area (Å²) in [5.74, 6) is 0.208. The fraction of sp³-hybridized carbons (Fsp3) is 0.611. The van der Waals surface area contributed by atoms with Gasteiger partial charge >= 0.3 is 0 Å². The Hall–Kier alpha value is -1.46. The molecule has 0 amide bonds. The highest BCUT2D eigenvalue weighted by molar-refractivity contribution is 5.81. The molecule has 1 saturated heterocycles. The Kier molecular flexibility index (Phi) is 4.07. The van der Waals surface area contributed by atoms with Gasteiger partial charge in [-0.2, -0.15) is 5.10 Å². The first-order chi connectivity index (χ1) is 11.2. The van der Waals surface area contributed by atoms with Gasteiger partial charge in [-0.25, -0.2) is 4.39 Å². The van der Waals surface area contributed by atoms with E-state index in [4.69, 9.17) is 0 Å². The lowest BCUT2D eigenvalue weighted by molar-refractivity contribution is 0.00859. The number of halogens is 1. The Morgan fingerprint density at radius 1 is 1.13 bits per heavy atom. The number of likely N-dealkylation sites (tertiary alicyclic amines) is 1. The molecule has 1 aliphatic carbocycles. The standard InChI is InChI=1S/C18H24FN3O/c19-13-5-6-14-15(11-13)20-21-18(14)12-7-9-22(10-8-12)16-3-1-2-4-17(16)23/h5-6,11-12,16-17,23H,1-4,7-10H2,(H,20,21). The molecule has 124 valence electrons. The maximum atomic E-state index is 13.3. The smallest absolute Gasteiger partial charge is 0.125 e. The largest absolute Gasteiger partial charge is 0.391 e. The molecule has 5 heteroatoms. The average Bonchev–Trinajstić information content (AvgIpc) is 2.98. The first kappa shape index (κ1) is 15.1. The summed E-state index contributed by atoms with van der Waals surface area (Å²) in [5.41, 5.74) is 1.86. The zero-order valence-corrected chi connectivity index (χ0v) is 13.3. The van der Waals surface area contributed by atoms with Crippen LogP contribution < -0.4 is 0 Å². The number of aromatic nitrogens is 2. The van der Waals surface area contributed by atoms with Crippen LogP contribution in [0.3, 0.4) is 0 Å². The fourth-order valence-electron chi connectivity index (χ4n) is 4.35. The molecular formula is C18H24FN3O. The van der Waals surface area contributed by atoms with Crippen molar-refractivity contribution in [3.8, 4) is 0 Å². The van der Waals surface area contributed by atoms with Crippen LogP contribution in [0.2, 0.25) is 0 Å². The second-order valence-corrected chi connectivity index (χ2v) is 7.03. The molecule has 23 heavy (non-hydrogen) atoms. The van der Waals surface area contributed by atoms with Crippen LogP contribution in [-0.2, 0) is 0 Å². The van der Waals surface area contributed by atoms with Crippen molar-refractivity contribution in [3.05, 3.63) is 29.7 Å². The van der Waals surface area contributed by atoms with E-state index >= 15 is 0 Å². The lowest BCUT2D eigenvalue weighted by atomic mass is 9.87. The number of benzene rings is 1. The van der Waals surface area contributed by atoms with Gasteiger partial charge in [-0.05, 0) is 50.9 Å². The Labute approximate surface area is 135 Å². The number of fused-ring (bicyclic) bond motifs is 1. The van der Waals surface area contributed by atoms with E-state index in [9.17, 15) is 9.50 Å². The van der Waals surface area contributed by atoms with Gasteiger partial charge in [0.25, 0.3) is 0 Å².